The zero-order chi connectivity index (χ0) is 13.0. The van der Waals surface area contributed by atoms with Crippen LogP contribution in [0.3, 0.4) is 0 Å². The average molecular weight is 309 g/mol. The molecule has 0 saturated carbocycles. The van der Waals surface area contributed by atoms with E-state index in [0.717, 1.165) is 23.0 Å². The Hall–Kier alpha value is -1.13. The van der Waals surface area contributed by atoms with Gasteiger partial charge in [0.05, 0.1) is 12.8 Å². The Kier molecular flexibility index (Phi) is 4.55. The number of aliphatic hydroxyl groups is 1. The molecule has 1 atom stereocenters. The summed E-state index contributed by atoms with van der Waals surface area (Å²) >= 11 is 3.42. The normalized spacial score (nSPS) is 12.6. The van der Waals surface area contributed by atoms with Crippen molar-refractivity contribution in [2.24, 2.45) is 0 Å². The zero-order valence-corrected chi connectivity index (χ0v) is 12.0. The highest BCUT2D eigenvalue weighted by Crippen LogP contribution is 2.22. The van der Waals surface area contributed by atoms with Gasteiger partial charge in [0.25, 0.3) is 0 Å². The van der Waals surface area contributed by atoms with Crippen molar-refractivity contribution in [1.29, 1.82) is 0 Å². The van der Waals surface area contributed by atoms with Crippen LogP contribution in [0, 0.1) is 0 Å². The SMILES string of the molecule is CCn1cc(CC(CO)c2ccc(Br)cc2)cn1. The van der Waals surface area contributed by atoms with E-state index < -0.39 is 0 Å². The summed E-state index contributed by atoms with van der Waals surface area (Å²) in [6, 6.07) is 8.12. The summed E-state index contributed by atoms with van der Waals surface area (Å²) in [5.41, 5.74) is 2.32. The molecule has 18 heavy (non-hydrogen) atoms. The maximum absolute atomic E-state index is 9.54. The van der Waals surface area contributed by atoms with Crippen molar-refractivity contribution in [3.8, 4) is 0 Å². The molecule has 96 valence electrons. The third kappa shape index (κ3) is 3.21. The first-order valence-corrected chi connectivity index (χ1v) is 6.90. The van der Waals surface area contributed by atoms with Gasteiger partial charge in [0.1, 0.15) is 0 Å². The Morgan fingerprint density at radius 2 is 2.06 bits per heavy atom. The van der Waals surface area contributed by atoms with E-state index in [1.807, 2.05) is 29.2 Å². The predicted molar refractivity (Wildman–Crippen MR) is 75.6 cm³/mol. The molecule has 1 heterocycles. The maximum atomic E-state index is 9.54. The first-order valence-electron chi connectivity index (χ1n) is 6.10. The number of benzene rings is 1. The van der Waals surface area contributed by atoms with E-state index in [-0.39, 0.29) is 12.5 Å². The highest BCUT2D eigenvalue weighted by atomic mass is 79.9. The van der Waals surface area contributed by atoms with Gasteiger partial charge in [-0.15, -0.1) is 0 Å². The largest absolute Gasteiger partial charge is 0.396 e. The molecule has 0 aliphatic rings. The molecule has 0 radical (unpaired) electrons. The van der Waals surface area contributed by atoms with Gasteiger partial charge in [0.2, 0.25) is 0 Å². The molecule has 1 aromatic heterocycles. The maximum Gasteiger partial charge on any atom is 0.0521 e. The van der Waals surface area contributed by atoms with E-state index in [1.165, 1.54) is 5.56 Å². The molecule has 2 aromatic rings. The molecular weight excluding hydrogens is 292 g/mol. The molecule has 0 saturated heterocycles. The fraction of sp³-hybridized carbons (Fsp3) is 0.357. The Bertz CT molecular complexity index is 493. The van der Waals surface area contributed by atoms with Crippen LogP contribution >= 0.6 is 15.9 Å². The standard InChI is InChI=1S/C14H17BrN2O/c1-2-17-9-11(8-16-17)7-13(10-18)12-3-5-14(15)6-4-12/h3-6,8-9,13,18H,2,7,10H2,1H3. The molecule has 1 N–H and O–H groups in total. The van der Waals surface area contributed by atoms with E-state index >= 15 is 0 Å². The van der Waals surface area contributed by atoms with Gasteiger partial charge in [-0.05, 0) is 36.6 Å². The monoisotopic (exact) mass is 308 g/mol. The van der Waals surface area contributed by atoms with Crippen LogP contribution in [0.15, 0.2) is 41.1 Å². The van der Waals surface area contributed by atoms with Gasteiger partial charge < -0.3 is 5.11 Å². The van der Waals surface area contributed by atoms with Gasteiger partial charge in [-0.3, -0.25) is 4.68 Å². The second kappa shape index (κ2) is 6.16. The summed E-state index contributed by atoms with van der Waals surface area (Å²) in [6.45, 7) is 3.09. The number of aromatic nitrogens is 2. The van der Waals surface area contributed by atoms with Crippen molar-refractivity contribution in [3.63, 3.8) is 0 Å². The Morgan fingerprint density at radius 1 is 1.33 bits per heavy atom. The molecule has 0 amide bonds. The Morgan fingerprint density at radius 3 is 2.61 bits per heavy atom. The average Bonchev–Trinajstić information content (AvgIpc) is 2.85. The van der Waals surface area contributed by atoms with Gasteiger partial charge in [0, 0.05) is 23.1 Å². The Labute approximate surface area is 116 Å². The lowest BCUT2D eigenvalue weighted by Crippen LogP contribution is -2.07. The number of halogens is 1. The van der Waals surface area contributed by atoms with Crippen LogP contribution in [-0.4, -0.2) is 21.5 Å². The lowest BCUT2D eigenvalue weighted by atomic mass is 9.94. The molecule has 0 fully saturated rings. The fourth-order valence-corrected chi connectivity index (χ4v) is 2.26. The third-order valence-corrected chi connectivity index (χ3v) is 3.58. The van der Waals surface area contributed by atoms with Gasteiger partial charge >= 0.3 is 0 Å². The van der Waals surface area contributed by atoms with E-state index in [2.05, 4.69) is 40.1 Å². The van der Waals surface area contributed by atoms with Gasteiger partial charge in [-0.25, -0.2) is 0 Å². The molecule has 0 aliphatic carbocycles. The summed E-state index contributed by atoms with van der Waals surface area (Å²) in [4.78, 5) is 0. The molecule has 1 unspecified atom stereocenters. The minimum Gasteiger partial charge on any atom is -0.396 e. The molecule has 1 aromatic carbocycles. The number of hydrogen-bond donors (Lipinski definition) is 1. The van der Waals surface area contributed by atoms with E-state index in [1.54, 1.807) is 0 Å². The van der Waals surface area contributed by atoms with Crippen LogP contribution in [0.25, 0.3) is 0 Å². The van der Waals surface area contributed by atoms with Crippen molar-refractivity contribution >= 4 is 15.9 Å². The summed E-state index contributed by atoms with van der Waals surface area (Å²) in [5, 5.41) is 13.8. The molecule has 0 bridgehead atoms. The van der Waals surface area contributed by atoms with Crippen molar-refractivity contribution in [2.75, 3.05) is 6.61 Å². The van der Waals surface area contributed by atoms with E-state index in [9.17, 15) is 5.11 Å². The summed E-state index contributed by atoms with van der Waals surface area (Å²) in [5.74, 6) is 0.132. The smallest absolute Gasteiger partial charge is 0.0521 e. The number of hydrogen-bond acceptors (Lipinski definition) is 2. The van der Waals surface area contributed by atoms with Crippen LogP contribution in [0.1, 0.15) is 24.0 Å². The minimum absolute atomic E-state index is 0.132. The van der Waals surface area contributed by atoms with Crippen molar-refractivity contribution in [1.82, 2.24) is 9.78 Å². The quantitative estimate of drug-likeness (QED) is 0.922. The second-order valence-corrected chi connectivity index (χ2v) is 5.26. The topological polar surface area (TPSA) is 38.0 Å². The predicted octanol–water partition coefficient (Wildman–Crippen LogP) is 2.98. The molecule has 4 heteroatoms. The summed E-state index contributed by atoms with van der Waals surface area (Å²) < 4.78 is 2.97. The van der Waals surface area contributed by atoms with Gasteiger partial charge in [0.15, 0.2) is 0 Å². The molecule has 0 spiro atoms. The third-order valence-electron chi connectivity index (χ3n) is 3.05. The summed E-state index contributed by atoms with van der Waals surface area (Å²) in [6.07, 6.45) is 4.74. The second-order valence-electron chi connectivity index (χ2n) is 4.34. The van der Waals surface area contributed by atoms with Crippen LogP contribution < -0.4 is 0 Å². The van der Waals surface area contributed by atoms with Gasteiger partial charge in [-0.2, -0.15) is 5.10 Å². The fourth-order valence-electron chi connectivity index (χ4n) is 1.99. The van der Waals surface area contributed by atoms with Crippen LogP contribution in [-0.2, 0) is 13.0 Å². The van der Waals surface area contributed by atoms with Gasteiger partial charge in [-0.1, -0.05) is 28.1 Å². The Balaban J connectivity index is 2.11. The van der Waals surface area contributed by atoms with Crippen LogP contribution in [0.2, 0.25) is 0 Å². The molecule has 3 nitrogen and oxygen atoms in total. The van der Waals surface area contributed by atoms with Crippen LogP contribution in [0.4, 0.5) is 0 Å². The van der Waals surface area contributed by atoms with E-state index in [0.29, 0.717) is 0 Å². The first-order chi connectivity index (χ1) is 8.72. The summed E-state index contributed by atoms with van der Waals surface area (Å²) in [7, 11) is 0. The van der Waals surface area contributed by atoms with Crippen molar-refractivity contribution < 1.29 is 5.11 Å². The molecule has 0 aliphatic heterocycles. The first kappa shape index (κ1) is 13.3. The number of nitrogens with zero attached hydrogens (tertiary/aromatic N) is 2. The lowest BCUT2D eigenvalue weighted by molar-refractivity contribution is 0.264. The number of aryl methyl sites for hydroxylation is 1. The highest BCUT2D eigenvalue weighted by molar-refractivity contribution is 9.10. The lowest BCUT2D eigenvalue weighted by Gasteiger charge is -2.13. The molecule has 2 rings (SSSR count). The molecular formula is C14H17BrN2O. The van der Waals surface area contributed by atoms with Crippen LogP contribution in [0.5, 0.6) is 0 Å². The number of aliphatic hydroxyl groups excluding tert-OH is 1. The highest BCUT2D eigenvalue weighted by Gasteiger charge is 2.12. The number of rotatable bonds is 5. The van der Waals surface area contributed by atoms with Crippen molar-refractivity contribution in [3.05, 3.63) is 52.3 Å². The van der Waals surface area contributed by atoms with E-state index in [4.69, 9.17) is 0 Å². The minimum atomic E-state index is 0.132. The zero-order valence-electron chi connectivity index (χ0n) is 10.4. The van der Waals surface area contributed by atoms with Crippen molar-refractivity contribution in [2.45, 2.75) is 25.8 Å².